The van der Waals surface area contributed by atoms with Gasteiger partial charge in [-0.05, 0) is 48.5 Å². The van der Waals surface area contributed by atoms with Gasteiger partial charge in [-0.3, -0.25) is 9.78 Å². The highest BCUT2D eigenvalue weighted by Crippen LogP contribution is 2.27. The molecule has 0 atom stereocenters. The van der Waals surface area contributed by atoms with E-state index < -0.39 is 0 Å². The van der Waals surface area contributed by atoms with E-state index in [0.29, 0.717) is 12.1 Å². The lowest BCUT2D eigenvalue weighted by molar-refractivity contribution is 0.0785. The minimum atomic E-state index is -0.0527. The summed E-state index contributed by atoms with van der Waals surface area (Å²) in [6.45, 7) is 0.446. The van der Waals surface area contributed by atoms with Gasteiger partial charge in [-0.25, -0.2) is 4.68 Å². The van der Waals surface area contributed by atoms with Gasteiger partial charge >= 0.3 is 0 Å². The van der Waals surface area contributed by atoms with Crippen molar-refractivity contribution in [3.05, 3.63) is 109 Å². The molecule has 0 aliphatic rings. The van der Waals surface area contributed by atoms with Crippen LogP contribution in [0.25, 0.3) is 22.6 Å². The summed E-state index contributed by atoms with van der Waals surface area (Å²) in [7, 11) is 1.80. The van der Waals surface area contributed by atoms with Gasteiger partial charge in [0.05, 0.1) is 34.7 Å². The zero-order valence-electron chi connectivity index (χ0n) is 17.1. The van der Waals surface area contributed by atoms with E-state index in [0.717, 1.165) is 28.3 Å². The highest BCUT2D eigenvalue weighted by Gasteiger charge is 2.20. The largest absolute Gasteiger partial charge is 0.336 e. The molecule has 31 heavy (non-hydrogen) atoms. The Morgan fingerprint density at radius 2 is 1.74 bits per heavy atom. The molecule has 0 aliphatic carbocycles. The van der Waals surface area contributed by atoms with Gasteiger partial charge in [-0.15, -0.1) is 0 Å². The second-order valence-electron chi connectivity index (χ2n) is 7.36. The first-order chi connectivity index (χ1) is 15.2. The van der Waals surface area contributed by atoms with Crippen molar-refractivity contribution in [2.24, 2.45) is 0 Å². The second-order valence-corrected chi connectivity index (χ2v) is 7.36. The molecule has 5 aromatic rings. The van der Waals surface area contributed by atoms with Crippen molar-refractivity contribution in [2.75, 3.05) is 7.05 Å². The van der Waals surface area contributed by atoms with E-state index in [1.807, 2.05) is 100 Å². The van der Waals surface area contributed by atoms with Crippen LogP contribution in [0.2, 0.25) is 0 Å². The quantitative estimate of drug-likeness (QED) is 0.432. The van der Waals surface area contributed by atoms with E-state index in [1.165, 1.54) is 0 Å². The fraction of sp³-hybridized carbons (Fsp3) is 0.0800. The van der Waals surface area contributed by atoms with Gasteiger partial charge < -0.3 is 9.30 Å². The average molecular weight is 407 g/mol. The van der Waals surface area contributed by atoms with Crippen LogP contribution in [0.4, 0.5) is 0 Å². The zero-order valence-corrected chi connectivity index (χ0v) is 17.1. The number of para-hydroxylation sites is 1. The number of amides is 1. The summed E-state index contributed by atoms with van der Waals surface area (Å²) in [4.78, 5) is 19.3. The van der Waals surface area contributed by atoms with Crippen LogP contribution in [0.5, 0.6) is 0 Å². The summed E-state index contributed by atoms with van der Waals surface area (Å²) >= 11 is 0. The maximum Gasteiger partial charge on any atom is 0.256 e. The van der Waals surface area contributed by atoms with Gasteiger partial charge in [0.1, 0.15) is 5.69 Å². The SMILES string of the molecule is CN(Cc1ccccn1)C(=O)c1cc(-c2ccn(-c3ccccc3)n2)n2ccccc12. The fourth-order valence-corrected chi connectivity index (χ4v) is 3.72. The Kier molecular flexibility index (Phi) is 4.80. The van der Waals surface area contributed by atoms with E-state index in [4.69, 9.17) is 5.10 Å². The molecule has 0 unspecified atom stereocenters. The Hall–Kier alpha value is -4.19. The lowest BCUT2D eigenvalue weighted by atomic mass is 10.2. The number of rotatable bonds is 5. The average Bonchev–Trinajstić information content (AvgIpc) is 3.45. The van der Waals surface area contributed by atoms with Crippen LogP contribution in [-0.4, -0.2) is 37.0 Å². The molecule has 0 fully saturated rings. The van der Waals surface area contributed by atoms with Crippen LogP contribution in [0.3, 0.4) is 0 Å². The molecule has 0 spiro atoms. The van der Waals surface area contributed by atoms with Crippen LogP contribution >= 0.6 is 0 Å². The Balaban J connectivity index is 1.52. The fourth-order valence-electron chi connectivity index (χ4n) is 3.72. The molecule has 5 rings (SSSR count). The molecule has 0 radical (unpaired) electrons. The highest BCUT2D eigenvalue weighted by atomic mass is 16.2. The van der Waals surface area contributed by atoms with Crippen molar-refractivity contribution in [3.63, 3.8) is 0 Å². The van der Waals surface area contributed by atoms with Gasteiger partial charge in [0.15, 0.2) is 0 Å². The van der Waals surface area contributed by atoms with Crippen LogP contribution < -0.4 is 0 Å². The Morgan fingerprint density at radius 3 is 2.55 bits per heavy atom. The van der Waals surface area contributed by atoms with Gasteiger partial charge in [0.2, 0.25) is 0 Å². The molecule has 6 heteroatoms. The smallest absolute Gasteiger partial charge is 0.256 e. The molecular weight excluding hydrogens is 386 g/mol. The van der Waals surface area contributed by atoms with E-state index in [2.05, 4.69) is 4.98 Å². The highest BCUT2D eigenvalue weighted by molar-refractivity contribution is 6.02. The number of hydrogen-bond acceptors (Lipinski definition) is 3. The normalized spacial score (nSPS) is 11.0. The minimum absolute atomic E-state index is 0.0527. The molecule has 0 saturated carbocycles. The number of aromatic nitrogens is 4. The first-order valence-corrected chi connectivity index (χ1v) is 10.1. The number of pyridine rings is 2. The summed E-state index contributed by atoms with van der Waals surface area (Å²) in [5.41, 5.74) is 5.01. The van der Waals surface area contributed by atoms with E-state index >= 15 is 0 Å². The minimum Gasteiger partial charge on any atom is -0.336 e. The number of hydrogen-bond donors (Lipinski definition) is 0. The third-order valence-electron chi connectivity index (χ3n) is 5.25. The Labute approximate surface area is 180 Å². The summed E-state index contributed by atoms with van der Waals surface area (Å²) in [5.74, 6) is -0.0527. The summed E-state index contributed by atoms with van der Waals surface area (Å²) < 4.78 is 3.85. The summed E-state index contributed by atoms with van der Waals surface area (Å²) in [5, 5.41) is 4.75. The van der Waals surface area contributed by atoms with Gasteiger partial charge in [-0.2, -0.15) is 5.10 Å². The molecule has 1 amide bonds. The zero-order chi connectivity index (χ0) is 21.2. The lowest BCUT2D eigenvalue weighted by Gasteiger charge is -2.16. The molecule has 0 bridgehead atoms. The number of fused-ring (bicyclic) bond motifs is 1. The Morgan fingerprint density at radius 1 is 0.935 bits per heavy atom. The maximum absolute atomic E-state index is 13.3. The van der Waals surface area contributed by atoms with Crippen molar-refractivity contribution >= 4 is 11.4 Å². The maximum atomic E-state index is 13.3. The number of benzene rings is 1. The third-order valence-corrected chi connectivity index (χ3v) is 5.25. The summed E-state index contributed by atoms with van der Waals surface area (Å²) in [6, 6.07) is 25.4. The van der Waals surface area contributed by atoms with Gasteiger partial charge in [0.25, 0.3) is 5.91 Å². The van der Waals surface area contributed by atoms with Crippen LogP contribution in [0, 0.1) is 0 Å². The molecule has 0 N–H and O–H groups in total. The molecule has 4 heterocycles. The van der Waals surface area contributed by atoms with Crippen LogP contribution in [-0.2, 0) is 6.54 Å². The molecule has 1 aromatic carbocycles. The monoisotopic (exact) mass is 407 g/mol. The predicted octanol–water partition coefficient (Wildman–Crippen LogP) is 4.46. The van der Waals surface area contributed by atoms with E-state index in [1.54, 1.807) is 18.1 Å². The van der Waals surface area contributed by atoms with Crippen LogP contribution in [0.15, 0.2) is 97.5 Å². The Bertz CT molecular complexity index is 1340. The summed E-state index contributed by atoms with van der Waals surface area (Å²) in [6.07, 6.45) is 5.63. The lowest BCUT2D eigenvalue weighted by Crippen LogP contribution is -2.26. The molecule has 0 aliphatic heterocycles. The van der Waals surface area contributed by atoms with E-state index in [9.17, 15) is 4.79 Å². The molecule has 0 saturated heterocycles. The van der Waals surface area contributed by atoms with Crippen molar-refractivity contribution in [3.8, 4) is 17.1 Å². The first-order valence-electron chi connectivity index (χ1n) is 10.1. The predicted molar refractivity (Wildman–Crippen MR) is 120 cm³/mol. The molecular formula is C25H21N5O. The molecule has 152 valence electrons. The molecule has 4 aromatic heterocycles. The second kappa shape index (κ2) is 7.91. The number of carbonyl (C=O) groups is 1. The van der Waals surface area contributed by atoms with Crippen molar-refractivity contribution in [1.82, 2.24) is 24.1 Å². The standard InChI is InChI=1S/C25H21N5O/c1-28(18-19-9-5-7-14-26-19)25(31)21-17-24(29-15-8-6-12-23(21)29)22-13-16-30(27-22)20-10-3-2-4-11-20/h2-17H,18H2,1H3. The topological polar surface area (TPSA) is 55.4 Å². The molecule has 6 nitrogen and oxygen atoms in total. The third kappa shape index (κ3) is 3.59. The number of carbonyl (C=O) groups excluding carboxylic acids is 1. The van der Waals surface area contributed by atoms with Gasteiger partial charge in [-0.1, -0.05) is 30.3 Å². The first kappa shape index (κ1) is 18.8. The van der Waals surface area contributed by atoms with Crippen molar-refractivity contribution < 1.29 is 4.79 Å². The van der Waals surface area contributed by atoms with Crippen LogP contribution in [0.1, 0.15) is 16.1 Å². The van der Waals surface area contributed by atoms with Gasteiger partial charge in [0, 0.05) is 25.6 Å². The van der Waals surface area contributed by atoms with E-state index in [-0.39, 0.29) is 5.91 Å². The van der Waals surface area contributed by atoms with Crippen molar-refractivity contribution in [2.45, 2.75) is 6.54 Å². The number of nitrogens with zero attached hydrogens (tertiary/aromatic N) is 5. The van der Waals surface area contributed by atoms with Crippen molar-refractivity contribution in [1.29, 1.82) is 0 Å².